The van der Waals surface area contributed by atoms with E-state index in [4.69, 9.17) is 0 Å². The van der Waals surface area contributed by atoms with Gasteiger partial charge in [0.2, 0.25) is 12.3 Å². The minimum absolute atomic E-state index is 0.0463. The molecule has 7 N–H and O–H groups in total. The Hall–Kier alpha value is -2.21. The first kappa shape index (κ1) is 26.8. The number of nitrogens with one attached hydrogen (secondary N) is 2. The lowest BCUT2D eigenvalue weighted by molar-refractivity contribution is -0.132. The smallest absolute Gasteiger partial charge is 0.223 e. The van der Waals surface area contributed by atoms with Crippen molar-refractivity contribution in [2.24, 2.45) is 17.1 Å². The van der Waals surface area contributed by atoms with Gasteiger partial charge in [0.15, 0.2) is 0 Å². The number of β-amino-alcohol motifs (C(OH)–C–C–N with tert-alkyl or cyclic N) is 1. The van der Waals surface area contributed by atoms with Gasteiger partial charge in [-0.3, -0.25) is 31.2 Å². The molecule has 31 heavy (non-hydrogen) atoms. The molecule has 0 aromatic carbocycles. The number of amides is 2. The van der Waals surface area contributed by atoms with E-state index in [0.29, 0.717) is 25.9 Å². The predicted octanol–water partition coefficient (Wildman–Crippen LogP) is 0.540. The number of allylic oxidation sites excluding steroid dienone is 1. The van der Waals surface area contributed by atoms with Gasteiger partial charge in [0.1, 0.15) is 0 Å². The van der Waals surface area contributed by atoms with Crippen molar-refractivity contribution in [2.75, 3.05) is 19.0 Å². The molecular formula is C20H35N7O3S. The van der Waals surface area contributed by atoms with Gasteiger partial charge in [-0.25, -0.2) is 0 Å². The number of nitrogens with zero attached hydrogens (tertiary/aromatic N) is 3. The van der Waals surface area contributed by atoms with Gasteiger partial charge < -0.3 is 20.6 Å². The number of aliphatic hydroxyl groups excluding tert-OH is 1. The fourth-order valence-electron chi connectivity index (χ4n) is 2.91. The van der Waals surface area contributed by atoms with Crippen LogP contribution in [0.1, 0.15) is 51.9 Å². The van der Waals surface area contributed by atoms with Gasteiger partial charge in [-0.2, -0.15) is 0 Å². The number of likely N-dealkylation sites (tertiary alicyclic amines) is 1. The second-order valence-electron chi connectivity index (χ2n) is 8.33. The summed E-state index contributed by atoms with van der Waals surface area (Å²) in [6, 6.07) is 0. The molecule has 0 aliphatic carbocycles. The van der Waals surface area contributed by atoms with Crippen LogP contribution in [0, 0.1) is 5.41 Å². The minimum Gasteiger partial charge on any atom is -0.391 e. The fraction of sp³-hybridized carbons (Fsp3) is 0.600. The lowest BCUT2D eigenvalue weighted by atomic mass is 9.92. The highest BCUT2D eigenvalue weighted by Gasteiger charge is 2.27. The summed E-state index contributed by atoms with van der Waals surface area (Å²) in [6.07, 6.45) is 5.07. The molecule has 11 heteroatoms. The van der Waals surface area contributed by atoms with Gasteiger partial charge in [0.05, 0.1) is 47.2 Å². The summed E-state index contributed by atoms with van der Waals surface area (Å²) in [6.45, 7) is 9.84. The zero-order valence-electron chi connectivity index (χ0n) is 18.7. The van der Waals surface area contributed by atoms with Crippen molar-refractivity contribution in [3.63, 3.8) is 0 Å². The predicted molar refractivity (Wildman–Crippen MR) is 123 cm³/mol. The van der Waals surface area contributed by atoms with E-state index in [0.717, 1.165) is 40.8 Å². The minimum atomic E-state index is -0.302. The number of aromatic nitrogens is 2. The van der Waals surface area contributed by atoms with E-state index < -0.39 is 0 Å². The Morgan fingerprint density at radius 1 is 1.39 bits per heavy atom. The number of carbonyl (C=O) groups is 2. The van der Waals surface area contributed by atoms with E-state index in [2.05, 4.69) is 53.1 Å². The highest BCUT2D eigenvalue weighted by Crippen LogP contribution is 2.31. The third-order valence-electron chi connectivity index (χ3n) is 4.40. The topological polar surface area (TPSA) is 159 Å². The van der Waals surface area contributed by atoms with Crippen LogP contribution >= 0.6 is 11.8 Å². The zero-order chi connectivity index (χ0) is 23.4. The lowest BCUT2D eigenvalue weighted by Crippen LogP contribution is -2.32. The van der Waals surface area contributed by atoms with E-state index in [9.17, 15) is 14.7 Å². The quantitative estimate of drug-likeness (QED) is 0.243. The standard InChI is InChI=1S/C10H12N4OS.C10H19NO2.H4N2/c1-7-10(16-6-14-7)9-4-12-8(3-13-9)2-11-5-15;1-10(2,3)6-9(13)11-5-4-8(12)7-11;1-2/h3-5,14H,2,6H2,1H3,(H,11,15);8,12H,4-7H2,1-3H3;1-2H2. The van der Waals surface area contributed by atoms with Crippen LogP contribution in [0.5, 0.6) is 0 Å². The third-order valence-corrected chi connectivity index (χ3v) is 5.49. The molecule has 1 fully saturated rings. The molecule has 3 heterocycles. The first-order valence-corrected chi connectivity index (χ1v) is 11.0. The van der Waals surface area contributed by atoms with Crippen molar-refractivity contribution in [1.82, 2.24) is 25.5 Å². The van der Waals surface area contributed by atoms with Crippen molar-refractivity contribution in [2.45, 2.75) is 53.2 Å². The van der Waals surface area contributed by atoms with Gasteiger partial charge in [-0.1, -0.05) is 20.8 Å². The Bertz CT molecular complexity index is 735. The molecule has 1 aromatic heterocycles. The summed E-state index contributed by atoms with van der Waals surface area (Å²) in [5, 5.41) is 15.0. The van der Waals surface area contributed by atoms with Crippen molar-refractivity contribution in [1.29, 1.82) is 0 Å². The summed E-state index contributed by atoms with van der Waals surface area (Å²) >= 11 is 1.72. The van der Waals surface area contributed by atoms with Crippen molar-refractivity contribution in [3.05, 3.63) is 29.5 Å². The maximum atomic E-state index is 11.6. The summed E-state index contributed by atoms with van der Waals surface area (Å²) in [4.78, 5) is 33.2. The van der Waals surface area contributed by atoms with Crippen LogP contribution < -0.4 is 22.3 Å². The summed E-state index contributed by atoms with van der Waals surface area (Å²) in [5.41, 5.74) is 2.82. The Labute approximate surface area is 188 Å². The molecule has 174 valence electrons. The molecule has 0 bridgehead atoms. The molecule has 10 nitrogen and oxygen atoms in total. The number of hydrogen-bond donors (Lipinski definition) is 5. The molecule has 1 unspecified atom stereocenters. The van der Waals surface area contributed by atoms with Crippen molar-refractivity contribution in [3.8, 4) is 0 Å². The van der Waals surface area contributed by atoms with Crippen LogP contribution in [-0.4, -0.2) is 57.4 Å². The van der Waals surface area contributed by atoms with E-state index >= 15 is 0 Å². The monoisotopic (exact) mass is 453 g/mol. The van der Waals surface area contributed by atoms with E-state index in [1.807, 2.05) is 6.92 Å². The van der Waals surface area contributed by atoms with Gasteiger partial charge in [0, 0.05) is 25.2 Å². The van der Waals surface area contributed by atoms with Crippen LogP contribution in [0.15, 0.2) is 18.1 Å². The number of aliphatic hydroxyl groups is 1. The van der Waals surface area contributed by atoms with Gasteiger partial charge in [0.25, 0.3) is 0 Å². The van der Waals surface area contributed by atoms with E-state index in [1.165, 1.54) is 0 Å². The highest BCUT2D eigenvalue weighted by atomic mass is 32.2. The molecule has 0 spiro atoms. The van der Waals surface area contributed by atoms with E-state index in [-0.39, 0.29) is 17.4 Å². The first-order chi connectivity index (χ1) is 14.7. The zero-order valence-corrected chi connectivity index (χ0v) is 19.5. The van der Waals surface area contributed by atoms with Crippen LogP contribution in [0.3, 0.4) is 0 Å². The second-order valence-corrected chi connectivity index (χ2v) is 9.32. The Morgan fingerprint density at radius 3 is 2.55 bits per heavy atom. The third kappa shape index (κ3) is 9.64. The molecule has 1 saturated heterocycles. The van der Waals surface area contributed by atoms with Gasteiger partial charge in [-0.15, -0.1) is 11.8 Å². The van der Waals surface area contributed by atoms with Crippen LogP contribution in [0.25, 0.3) is 4.91 Å². The first-order valence-electron chi connectivity index (χ1n) is 10.0. The number of rotatable bonds is 5. The summed E-state index contributed by atoms with van der Waals surface area (Å²) in [5.74, 6) is 9.06. The number of nitrogens with two attached hydrogens (primary N) is 2. The molecule has 3 rings (SSSR count). The van der Waals surface area contributed by atoms with Crippen LogP contribution in [-0.2, 0) is 16.1 Å². The van der Waals surface area contributed by atoms with Crippen molar-refractivity contribution < 1.29 is 14.7 Å². The van der Waals surface area contributed by atoms with Crippen LogP contribution in [0.2, 0.25) is 0 Å². The maximum Gasteiger partial charge on any atom is 0.223 e. The fourth-order valence-corrected chi connectivity index (χ4v) is 3.89. The number of carbonyl (C=O) groups excluding carboxylic acids is 2. The van der Waals surface area contributed by atoms with Gasteiger partial charge >= 0.3 is 0 Å². The number of hydrazine groups is 1. The molecule has 2 amide bonds. The highest BCUT2D eigenvalue weighted by molar-refractivity contribution is 8.08. The largest absolute Gasteiger partial charge is 0.391 e. The van der Waals surface area contributed by atoms with E-state index in [1.54, 1.807) is 29.1 Å². The average molecular weight is 454 g/mol. The molecule has 2 aliphatic rings. The number of hydrogen-bond acceptors (Lipinski definition) is 9. The molecule has 2 aliphatic heterocycles. The summed E-state index contributed by atoms with van der Waals surface area (Å²) < 4.78 is 0. The molecule has 0 saturated carbocycles. The average Bonchev–Trinajstić information content (AvgIpc) is 3.36. The SMILES string of the molecule is CC(C)(C)CC(=O)N1CCC(O)C1.CC1=C(c2cnc(CNC=O)cn2)SCN1.NN. The summed E-state index contributed by atoms with van der Waals surface area (Å²) in [7, 11) is 0. The Kier molecular flexibility index (Phi) is 11.5. The molecule has 1 atom stereocenters. The second kappa shape index (κ2) is 13.3. The molecule has 1 aromatic rings. The van der Waals surface area contributed by atoms with Crippen LogP contribution in [0.4, 0.5) is 0 Å². The lowest BCUT2D eigenvalue weighted by Gasteiger charge is -2.22. The normalized spacial score (nSPS) is 17.8. The van der Waals surface area contributed by atoms with Crippen molar-refractivity contribution >= 4 is 29.0 Å². The Balaban J connectivity index is 0.000000293. The Morgan fingerprint density at radius 2 is 2.10 bits per heavy atom. The number of thioether (sulfide) groups is 1. The van der Waals surface area contributed by atoms with Gasteiger partial charge in [-0.05, 0) is 18.8 Å². The maximum absolute atomic E-state index is 11.6. The molecular weight excluding hydrogens is 418 g/mol. The molecule has 0 radical (unpaired) electrons.